The van der Waals surface area contributed by atoms with Crippen LogP contribution in [-0.2, 0) is 9.31 Å². The van der Waals surface area contributed by atoms with Gasteiger partial charge in [0, 0.05) is 16.9 Å². The minimum atomic E-state index is -0.525. The smallest absolute Gasteiger partial charge is 0.402 e. The monoisotopic (exact) mass is 282 g/mol. The van der Waals surface area contributed by atoms with Crippen molar-refractivity contribution in [2.45, 2.75) is 65.8 Å². The Hall–Kier alpha value is -0.845. The van der Waals surface area contributed by atoms with E-state index in [1.54, 1.807) is 6.92 Å². The summed E-state index contributed by atoms with van der Waals surface area (Å²) < 4.78 is 12.0. The number of hydrogen-bond donors (Lipinski definition) is 2. The van der Waals surface area contributed by atoms with Gasteiger partial charge in [0.1, 0.15) is 0 Å². The molecule has 0 radical (unpaired) electrons. The van der Waals surface area contributed by atoms with Gasteiger partial charge in [0.25, 0.3) is 0 Å². The molecule has 0 amide bonds. The second-order valence-electron chi connectivity index (χ2n) is 6.46. The molecular formula is C14H27BN2O3. The van der Waals surface area contributed by atoms with E-state index in [1.807, 2.05) is 41.5 Å². The largest absolute Gasteiger partial charge is 0.498 e. The van der Waals surface area contributed by atoms with Crippen LogP contribution in [0.5, 0.6) is 0 Å². The Balaban J connectivity index is 3.03. The molecule has 0 aromatic rings. The van der Waals surface area contributed by atoms with E-state index < -0.39 is 24.4 Å². The van der Waals surface area contributed by atoms with E-state index in [-0.39, 0.29) is 0 Å². The molecule has 5 nitrogen and oxygen atoms in total. The van der Waals surface area contributed by atoms with Gasteiger partial charge in [0.2, 0.25) is 0 Å². The van der Waals surface area contributed by atoms with E-state index in [1.165, 1.54) is 0 Å². The van der Waals surface area contributed by atoms with E-state index in [2.05, 4.69) is 4.99 Å². The van der Waals surface area contributed by atoms with Crippen molar-refractivity contribution >= 4 is 12.8 Å². The maximum Gasteiger partial charge on any atom is 0.498 e. The highest BCUT2D eigenvalue weighted by atomic mass is 16.7. The lowest BCUT2D eigenvalue weighted by Gasteiger charge is -2.32. The molecule has 1 atom stereocenters. The first kappa shape index (κ1) is 17.2. The molecule has 1 heterocycles. The normalized spacial score (nSPS) is 24.6. The molecule has 20 heavy (non-hydrogen) atoms. The Morgan fingerprint density at radius 1 is 1.20 bits per heavy atom. The summed E-state index contributed by atoms with van der Waals surface area (Å²) in [7, 11) is -0.525. The number of allylic oxidation sites excluding steroid dienone is 2. The fourth-order valence-electron chi connectivity index (χ4n) is 1.96. The molecule has 6 heteroatoms. The lowest BCUT2D eigenvalue weighted by Crippen LogP contribution is -2.41. The summed E-state index contributed by atoms with van der Waals surface area (Å²) in [4.78, 5) is 4.35. The SMILES string of the molecule is CC(=NCC(C)O)C(B1OC(C)(C)C(C)(C)O1)=C(C)N. The van der Waals surface area contributed by atoms with Crippen LogP contribution < -0.4 is 5.73 Å². The highest BCUT2D eigenvalue weighted by molar-refractivity contribution is 6.62. The molecule has 1 aliphatic heterocycles. The first-order chi connectivity index (χ1) is 8.98. The van der Waals surface area contributed by atoms with Crippen molar-refractivity contribution in [3.8, 4) is 0 Å². The van der Waals surface area contributed by atoms with Gasteiger partial charge >= 0.3 is 7.12 Å². The molecule has 114 valence electrons. The van der Waals surface area contributed by atoms with Gasteiger partial charge in [-0.3, -0.25) is 4.99 Å². The minimum Gasteiger partial charge on any atom is -0.402 e. The number of aliphatic imine (C=N–C) groups is 1. The van der Waals surface area contributed by atoms with Crippen LogP contribution in [0.25, 0.3) is 0 Å². The van der Waals surface area contributed by atoms with Gasteiger partial charge in [0.15, 0.2) is 0 Å². The predicted octanol–water partition coefficient (Wildman–Crippen LogP) is 1.69. The van der Waals surface area contributed by atoms with E-state index in [0.717, 1.165) is 11.2 Å². The number of rotatable bonds is 4. The van der Waals surface area contributed by atoms with Crippen molar-refractivity contribution < 1.29 is 14.4 Å². The molecule has 3 N–H and O–H groups in total. The van der Waals surface area contributed by atoms with Crippen molar-refractivity contribution in [3.63, 3.8) is 0 Å². The summed E-state index contributed by atoms with van der Waals surface area (Å²) >= 11 is 0. The van der Waals surface area contributed by atoms with Crippen LogP contribution in [0, 0.1) is 0 Å². The highest BCUT2D eigenvalue weighted by Gasteiger charge is 2.53. The second-order valence-corrected chi connectivity index (χ2v) is 6.46. The Morgan fingerprint density at radius 3 is 2.00 bits per heavy atom. The first-order valence-electron chi connectivity index (χ1n) is 6.99. The average Bonchev–Trinajstić information content (AvgIpc) is 2.44. The van der Waals surface area contributed by atoms with Gasteiger partial charge in [-0.1, -0.05) is 0 Å². The summed E-state index contributed by atoms with van der Waals surface area (Å²) in [5.74, 6) is 0. The number of aliphatic hydroxyl groups is 1. The Bertz CT molecular complexity index is 408. The van der Waals surface area contributed by atoms with E-state index in [4.69, 9.17) is 15.0 Å². The molecular weight excluding hydrogens is 255 g/mol. The topological polar surface area (TPSA) is 77.1 Å². The van der Waals surface area contributed by atoms with Gasteiger partial charge in [-0.05, 0) is 48.5 Å². The molecule has 0 aromatic carbocycles. The third-order valence-corrected chi connectivity index (χ3v) is 3.90. The van der Waals surface area contributed by atoms with Gasteiger partial charge in [0.05, 0.1) is 23.9 Å². The Kier molecular flexibility index (Phi) is 5.06. The average molecular weight is 282 g/mol. The summed E-state index contributed by atoms with van der Waals surface area (Å²) in [5, 5.41) is 9.34. The molecule has 1 rings (SSSR count). The first-order valence-corrected chi connectivity index (χ1v) is 6.99. The van der Waals surface area contributed by atoms with Crippen LogP contribution in [0.3, 0.4) is 0 Å². The zero-order valence-electron chi connectivity index (χ0n) is 13.7. The van der Waals surface area contributed by atoms with Crippen LogP contribution in [0.4, 0.5) is 0 Å². The Labute approximate surface area is 122 Å². The fourth-order valence-corrected chi connectivity index (χ4v) is 1.96. The number of hydrogen-bond acceptors (Lipinski definition) is 5. The van der Waals surface area contributed by atoms with Gasteiger partial charge in [-0.25, -0.2) is 0 Å². The molecule has 0 aromatic heterocycles. The van der Waals surface area contributed by atoms with Gasteiger partial charge in [-0.2, -0.15) is 0 Å². The molecule has 1 unspecified atom stereocenters. The van der Waals surface area contributed by atoms with Crippen LogP contribution in [0.1, 0.15) is 48.5 Å². The van der Waals surface area contributed by atoms with Crippen molar-refractivity contribution in [1.29, 1.82) is 0 Å². The molecule has 1 aliphatic rings. The minimum absolute atomic E-state index is 0.335. The third-order valence-electron chi connectivity index (χ3n) is 3.90. The van der Waals surface area contributed by atoms with E-state index in [9.17, 15) is 5.11 Å². The number of aliphatic hydroxyl groups excluding tert-OH is 1. The van der Waals surface area contributed by atoms with Gasteiger partial charge in [-0.15, -0.1) is 0 Å². The van der Waals surface area contributed by atoms with Crippen molar-refractivity contribution in [3.05, 3.63) is 11.2 Å². The van der Waals surface area contributed by atoms with Crippen molar-refractivity contribution in [2.75, 3.05) is 6.54 Å². The van der Waals surface area contributed by atoms with E-state index >= 15 is 0 Å². The van der Waals surface area contributed by atoms with E-state index in [0.29, 0.717) is 12.2 Å². The molecule has 0 aliphatic carbocycles. The quantitative estimate of drug-likeness (QED) is 0.607. The number of nitrogens with zero attached hydrogens (tertiary/aromatic N) is 1. The van der Waals surface area contributed by atoms with Crippen LogP contribution in [-0.4, -0.2) is 41.8 Å². The van der Waals surface area contributed by atoms with Crippen LogP contribution >= 0.6 is 0 Å². The van der Waals surface area contributed by atoms with Crippen LogP contribution in [0.2, 0.25) is 0 Å². The maximum atomic E-state index is 9.34. The molecule has 0 saturated carbocycles. The molecule has 0 bridgehead atoms. The molecule has 0 spiro atoms. The predicted molar refractivity (Wildman–Crippen MR) is 82.6 cm³/mol. The van der Waals surface area contributed by atoms with Crippen molar-refractivity contribution in [2.24, 2.45) is 10.7 Å². The second kappa shape index (κ2) is 5.88. The molecule has 1 fully saturated rings. The number of nitrogens with two attached hydrogens (primary N) is 1. The summed E-state index contributed by atoms with van der Waals surface area (Å²) in [5.41, 5.74) is 7.26. The third kappa shape index (κ3) is 3.62. The zero-order valence-corrected chi connectivity index (χ0v) is 13.7. The fraction of sp³-hybridized carbons (Fsp3) is 0.786. The van der Waals surface area contributed by atoms with Crippen LogP contribution in [0.15, 0.2) is 16.2 Å². The lowest BCUT2D eigenvalue weighted by molar-refractivity contribution is 0.00578. The summed E-state index contributed by atoms with van der Waals surface area (Å²) in [6.45, 7) is 13.7. The summed E-state index contributed by atoms with van der Waals surface area (Å²) in [6, 6.07) is 0. The maximum absolute atomic E-state index is 9.34. The standard InChI is InChI=1S/C14H27BN2O3/c1-9(18)8-17-11(3)12(10(2)16)15-19-13(4,5)14(6,7)20-15/h9,18H,8,16H2,1-7H3. The Morgan fingerprint density at radius 2 is 1.65 bits per heavy atom. The van der Waals surface area contributed by atoms with Crippen molar-refractivity contribution in [1.82, 2.24) is 0 Å². The molecule has 1 saturated heterocycles. The zero-order chi connectivity index (χ0) is 15.7. The van der Waals surface area contributed by atoms with Gasteiger partial charge < -0.3 is 20.1 Å². The highest BCUT2D eigenvalue weighted by Crippen LogP contribution is 2.39. The lowest BCUT2D eigenvalue weighted by atomic mass is 9.74. The summed E-state index contributed by atoms with van der Waals surface area (Å²) in [6.07, 6.45) is -0.484.